The van der Waals surface area contributed by atoms with Gasteiger partial charge in [-0.25, -0.2) is 45.7 Å². The van der Waals surface area contributed by atoms with Crippen LogP contribution in [0.15, 0.2) is 94.7 Å². The summed E-state index contributed by atoms with van der Waals surface area (Å²) < 4.78 is 91.6. The first kappa shape index (κ1) is 85.9. The highest BCUT2D eigenvalue weighted by Crippen LogP contribution is 2.39. The third kappa shape index (κ3) is 24.3. The molecule has 114 heavy (non-hydrogen) atoms. The zero-order chi connectivity index (χ0) is 80.7. The fraction of sp³-hybridized carbons (Fsp3) is 0.566. The first-order chi connectivity index (χ1) is 54.9. The monoisotopic (exact) mass is 1640 g/mol. The van der Waals surface area contributed by atoms with E-state index in [0.29, 0.717) is 178 Å². The number of anilines is 1. The fourth-order valence-electron chi connectivity index (χ4n) is 13.9. The lowest BCUT2D eigenvalue weighted by atomic mass is 10.0. The van der Waals surface area contributed by atoms with E-state index in [9.17, 15) is 42.0 Å². The van der Waals surface area contributed by atoms with Gasteiger partial charge in [0.1, 0.15) is 22.8 Å². The Labute approximate surface area is 669 Å². The van der Waals surface area contributed by atoms with Crippen molar-refractivity contribution in [2.75, 3.05) is 130 Å². The molecule has 620 valence electrons. The Morgan fingerprint density at radius 2 is 1.16 bits per heavy atom. The molecule has 0 aliphatic carbocycles. The van der Waals surface area contributed by atoms with Crippen LogP contribution < -0.4 is 48.2 Å². The first-order valence-electron chi connectivity index (χ1n) is 38.6. The third-order valence-electron chi connectivity index (χ3n) is 19.6. The number of hydrogen-bond donors (Lipinski definition) is 8. The fourth-order valence-corrected chi connectivity index (χ4v) is 17.9. The topological polar surface area (TPSA) is 394 Å². The van der Waals surface area contributed by atoms with Crippen LogP contribution in [0.25, 0.3) is 33.1 Å². The quantitative estimate of drug-likeness (QED) is 0.0168. The molecule has 0 spiro atoms. The number of carbonyl (C=O) groups excluding carboxylic acids is 6. The van der Waals surface area contributed by atoms with E-state index < -0.39 is 39.1 Å². The summed E-state index contributed by atoms with van der Waals surface area (Å²) in [6.07, 6.45) is 10.2. The minimum atomic E-state index is -3.89. The zero-order valence-corrected chi connectivity index (χ0v) is 67.7. The average Bonchev–Trinajstić information content (AvgIpc) is 1.60. The normalized spacial score (nSPS) is 18.1. The second-order valence-corrected chi connectivity index (χ2v) is 34.0. The number of alkyl carbamates (subject to hydrolysis) is 1. The molecule has 11 rings (SSSR count). The number of nitrogens with one attached hydrogen (secondary N) is 8. The van der Waals surface area contributed by atoms with Crippen LogP contribution in [0.2, 0.25) is 0 Å². The van der Waals surface area contributed by atoms with Crippen LogP contribution in [0.1, 0.15) is 99.6 Å². The van der Waals surface area contributed by atoms with Crippen LogP contribution in [0.4, 0.5) is 24.5 Å². The number of allylic oxidation sites excluding steroid dienone is 1. The highest BCUT2D eigenvalue weighted by atomic mass is 32.2. The molecule has 0 bridgehead atoms. The second-order valence-electron chi connectivity index (χ2n) is 29.3. The molecule has 6 atom stereocenters. The molecule has 38 heteroatoms. The number of hydrogen-bond acceptors (Lipinski definition) is 22. The number of sulfonamides is 1. The summed E-state index contributed by atoms with van der Waals surface area (Å²) in [4.78, 5) is 89.9. The Kier molecular flexibility index (Phi) is 31.3. The van der Waals surface area contributed by atoms with Crippen LogP contribution in [0, 0.1) is 6.92 Å². The number of aromatic nitrogens is 9. The van der Waals surface area contributed by atoms with Crippen molar-refractivity contribution in [1.29, 1.82) is 0 Å². The molecule has 34 nitrogen and oxygen atoms in total. The molecule has 8 amide bonds. The second kappa shape index (κ2) is 41.5. The average molecular weight is 1640 g/mol. The molecule has 3 aromatic carbocycles. The maximum atomic E-state index is 16.0. The predicted molar refractivity (Wildman–Crippen MR) is 428 cm³/mol. The minimum Gasteiger partial charge on any atom is -0.444 e. The summed E-state index contributed by atoms with van der Waals surface area (Å²) in [7, 11) is -1.01. The van der Waals surface area contributed by atoms with Crippen molar-refractivity contribution in [1.82, 2.24) is 85.2 Å². The summed E-state index contributed by atoms with van der Waals surface area (Å²) in [5, 5.41) is 42.0. The van der Waals surface area contributed by atoms with E-state index in [2.05, 4.69) is 63.2 Å². The lowest BCUT2D eigenvalue weighted by molar-refractivity contribution is -0.122. The number of urea groups is 2. The molecular formula is C76H105FN18O16S3. The van der Waals surface area contributed by atoms with E-state index in [1.54, 1.807) is 113 Å². The van der Waals surface area contributed by atoms with Crippen molar-refractivity contribution in [3.05, 3.63) is 118 Å². The van der Waals surface area contributed by atoms with Gasteiger partial charge >= 0.3 is 23.8 Å². The molecule has 8 heterocycles. The predicted octanol–water partition coefficient (Wildman–Crippen LogP) is 5.68. The SMILES string of the molecule is Cc1c(-c2cccc(S(=O)(=O)N(C)C)c2)c2cc(C(=O)Nc3ccc4c(c3)n(Cc3cn(CCOCCOCCOCCNC(=O)CCCC[C@H]5SC[C@H]6NC(=O)N[C@H]65)nn3)c(=O)n4Cc3cn(CCOCCOCCOCCNC(=O)CCCC[C@@H]4SC[C@@H]5NC(=O)N[C@@H]54)nn3)ccc2n1C/C(F)=C/CNC(=O)OC(C)(C)C. The zero-order valence-electron chi connectivity index (χ0n) is 65.3. The third-order valence-corrected chi connectivity index (χ3v) is 24.4. The molecule has 4 aromatic heterocycles. The number of amides is 8. The van der Waals surface area contributed by atoms with Gasteiger partial charge in [0.25, 0.3) is 5.91 Å². The van der Waals surface area contributed by atoms with Gasteiger partial charge in [-0.15, -0.1) is 10.2 Å². The highest BCUT2D eigenvalue weighted by molar-refractivity contribution is 8.00. The molecule has 4 aliphatic rings. The number of benzene rings is 3. The van der Waals surface area contributed by atoms with Gasteiger partial charge in [-0.3, -0.25) is 23.5 Å². The Bertz CT molecular complexity index is 4660. The van der Waals surface area contributed by atoms with Crippen molar-refractivity contribution < 1.29 is 74.7 Å². The van der Waals surface area contributed by atoms with E-state index in [1.165, 1.54) is 30.8 Å². The maximum Gasteiger partial charge on any atom is 0.407 e. The van der Waals surface area contributed by atoms with Crippen molar-refractivity contribution in [3.8, 4) is 11.1 Å². The molecule has 0 radical (unpaired) electrons. The highest BCUT2D eigenvalue weighted by Gasteiger charge is 2.44. The van der Waals surface area contributed by atoms with Crippen LogP contribution in [0.3, 0.4) is 0 Å². The lowest BCUT2D eigenvalue weighted by Gasteiger charge is -2.19. The number of rotatable bonds is 47. The van der Waals surface area contributed by atoms with E-state index in [0.717, 1.165) is 54.3 Å². The number of ether oxygens (including phenoxy) is 7. The number of unbranched alkanes of at least 4 members (excludes halogenated alkanes) is 2. The summed E-state index contributed by atoms with van der Waals surface area (Å²) in [5.41, 5.74) is 3.48. The van der Waals surface area contributed by atoms with Gasteiger partial charge in [-0.05, 0) is 114 Å². The van der Waals surface area contributed by atoms with Crippen molar-refractivity contribution in [3.63, 3.8) is 0 Å². The van der Waals surface area contributed by atoms with E-state index >= 15 is 4.39 Å². The minimum absolute atomic E-state index is 0.0131. The van der Waals surface area contributed by atoms with E-state index in [1.807, 2.05) is 23.5 Å². The summed E-state index contributed by atoms with van der Waals surface area (Å²) in [5.74, 6) is 0.701. The number of thioether (sulfide) groups is 2. The number of fused-ring (bicyclic) bond motifs is 4. The van der Waals surface area contributed by atoms with Gasteiger partial charge in [-0.1, -0.05) is 35.4 Å². The van der Waals surface area contributed by atoms with Gasteiger partial charge in [0.05, 0.1) is 164 Å². The van der Waals surface area contributed by atoms with Gasteiger partial charge in [0, 0.05) is 102 Å². The molecule has 4 saturated heterocycles. The summed E-state index contributed by atoms with van der Waals surface area (Å²) >= 11 is 3.74. The molecule has 0 saturated carbocycles. The molecule has 4 fully saturated rings. The number of carbonyl (C=O) groups is 6. The first-order valence-corrected chi connectivity index (χ1v) is 42.1. The van der Waals surface area contributed by atoms with Crippen molar-refractivity contribution in [2.24, 2.45) is 0 Å². The van der Waals surface area contributed by atoms with Crippen LogP contribution >= 0.6 is 23.5 Å². The molecular weight excluding hydrogens is 1540 g/mol. The maximum absolute atomic E-state index is 16.0. The van der Waals surface area contributed by atoms with E-state index in [4.69, 9.17) is 33.2 Å². The number of imidazole rings is 1. The van der Waals surface area contributed by atoms with Crippen LogP contribution in [0.5, 0.6) is 0 Å². The van der Waals surface area contributed by atoms with Gasteiger partial charge in [-0.2, -0.15) is 23.5 Å². The molecule has 8 N–H and O–H groups in total. The summed E-state index contributed by atoms with van der Waals surface area (Å²) in [6.45, 7) is 12.1. The molecule has 7 aromatic rings. The van der Waals surface area contributed by atoms with Crippen LogP contribution in [-0.2, 0) is 85.5 Å². The van der Waals surface area contributed by atoms with Crippen LogP contribution in [-0.4, -0.2) is 257 Å². The van der Waals surface area contributed by atoms with Gasteiger partial charge < -0.3 is 80.3 Å². The van der Waals surface area contributed by atoms with Crippen molar-refractivity contribution >= 4 is 97.0 Å². The number of nitrogens with zero attached hydrogens (tertiary/aromatic N) is 10. The molecule has 0 unspecified atom stereocenters. The van der Waals surface area contributed by atoms with Crippen molar-refractivity contribution in [2.45, 2.75) is 157 Å². The Morgan fingerprint density at radius 1 is 0.632 bits per heavy atom. The van der Waals surface area contributed by atoms with Gasteiger partial charge in [0.15, 0.2) is 0 Å². The Hall–Kier alpha value is -8.99. The Balaban J connectivity index is 0.675. The van der Waals surface area contributed by atoms with Gasteiger partial charge in [0.2, 0.25) is 21.8 Å². The smallest absolute Gasteiger partial charge is 0.407 e. The largest absolute Gasteiger partial charge is 0.444 e. The van der Waals surface area contributed by atoms with E-state index in [-0.39, 0.29) is 91.3 Å². The standard InChI is InChI=1S/C76H105FN18O16S3/c1-50-68(51-12-11-13-57(40-51)114(103,104)90(5)6)58-41-52(18-20-61(58)93(50)43-53(77)22-23-80-74(101)111-76(2,3)4)71(98)81-54-19-21-62-63(42-54)95(47-56-45-92(89-87-56)27-31-108-35-39-110-37-33-106-29-25-79-67(97)17-10-8-15-65-70-60(49-113-65)83-73(100)85-70)75(102)94(62)46-55-44-91(88-86-55)26-30-107-34-38-109-36-32-105-28-24-78-66(96)16-9-7-14-64-69-59(48-112-64)82-72(99)84-69/h11-13,18-22,40-42,44-45,59-60,64-65,69-70H,7-10,14-17,23-39,43,46-49H2,1-6H3,(H,78,96)(H,79,97)(H,80,101)(H,81,98)(H2,82,84,99)(H2,83,85,100)/b53-22-/t59-,60+,64-,65+,69-,70+/m0/s1. The summed E-state index contributed by atoms with van der Waals surface area (Å²) in [6, 6.07) is 17.0. The Morgan fingerprint density at radius 3 is 1.70 bits per heavy atom. The number of halogens is 1. The lowest BCUT2D eigenvalue weighted by Crippen LogP contribution is -2.36. The molecule has 4 aliphatic heterocycles.